The number of benzene rings is 1. The number of rotatable bonds is 1. The van der Waals surface area contributed by atoms with Gasteiger partial charge in [0.2, 0.25) is 0 Å². The predicted octanol–water partition coefficient (Wildman–Crippen LogP) is 2.62. The van der Waals surface area contributed by atoms with Crippen LogP contribution in [-0.2, 0) is 0 Å². The van der Waals surface area contributed by atoms with Crippen LogP contribution in [0.5, 0.6) is 0 Å². The van der Waals surface area contributed by atoms with E-state index in [1.54, 1.807) is 0 Å². The van der Waals surface area contributed by atoms with Crippen molar-refractivity contribution in [2.45, 2.75) is 38.1 Å². The Morgan fingerprint density at radius 2 is 1.82 bits per heavy atom. The van der Waals surface area contributed by atoms with Crippen molar-refractivity contribution in [1.29, 1.82) is 0 Å². The fourth-order valence-electron chi connectivity index (χ4n) is 3.52. The lowest BCUT2D eigenvalue weighted by Gasteiger charge is -2.39. The quantitative estimate of drug-likeness (QED) is 0.730. The smallest absolute Gasteiger partial charge is 0.0568 e. The molecule has 2 aliphatic rings. The number of nitrogens with zero attached hydrogens (tertiary/aromatic N) is 1. The summed E-state index contributed by atoms with van der Waals surface area (Å²) in [6, 6.07) is 6.83. The zero-order valence-corrected chi connectivity index (χ0v) is 10.2. The number of fused-ring (bicyclic) bond motifs is 1. The lowest BCUT2D eigenvalue weighted by atomic mass is 9.91. The molecule has 1 saturated carbocycles. The summed E-state index contributed by atoms with van der Waals surface area (Å²) in [6.07, 6.45) is 6.86. The first-order valence-electron chi connectivity index (χ1n) is 6.67. The Hall–Kier alpha value is -1.38. The molecule has 1 heterocycles. The molecule has 0 radical (unpaired) electrons. The summed E-state index contributed by atoms with van der Waals surface area (Å²) in [7, 11) is 0. The van der Waals surface area contributed by atoms with E-state index in [0.717, 1.165) is 12.0 Å². The van der Waals surface area contributed by atoms with Crippen LogP contribution in [-0.4, -0.2) is 12.6 Å². The molecule has 2 fully saturated rings. The van der Waals surface area contributed by atoms with Crippen molar-refractivity contribution in [2.75, 3.05) is 22.9 Å². The summed E-state index contributed by atoms with van der Waals surface area (Å²) in [5.74, 6) is 0.905. The summed E-state index contributed by atoms with van der Waals surface area (Å²) in [6.45, 7) is 1.17. The van der Waals surface area contributed by atoms with Gasteiger partial charge in [0, 0.05) is 18.3 Å². The van der Waals surface area contributed by atoms with E-state index < -0.39 is 0 Å². The van der Waals surface area contributed by atoms with E-state index in [9.17, 15) is 0 Å². The third kappa shape index (κ3) is 1.84. The molecular weight excluding hydrogens is 210 g/mol. The van der Waals surface area contributed by atoms with Crippen LogP contribution in [0.15, 0.2) is 18.2 Å². The molecule has 1 aliphatic heterocycles. The topological polar surface area (TPSA) is 55.3 Å². The monoisotopic (exact) mass is 231 g/mol. The largest absolute Gasteiger partial charge is 0.397 e. The van der Waals surface area contributed by atoms with Crippen LogP contribution in [0, 0.1) is 5.92 Å². The van der Waals surface area contributed by atoms with Crippen molar-refractivity contribution in [2.24, 2.45) is 5.92 Å². The van der Waals surface area contributed by atoms with Crippen molar-refractivity contribution in [3.8, 4) is 0 Å². The van der Waals surface area contributed by atoms with Crippen molar-refractivity contribution in [3.63, 3.8) is 0 Å². The molecule has 2 atom stereocenters. The molecule has 4 N–H and O–H groups in total. The maximum atomic E-state index is 5.91. The molecule has 92 valence electrons. The maximum Gasteiger partial charge on any atom is 0.0568 e. The highest BCUT2D eigenvalue weighted by Crippen LogP contribution is 2.39. The van der Waals surface area contributed by atoms with E-state index in [1.807, 2.05) is 12.1 Å². The normalized spacial score (nSPS) is 28.1. The second-order valence-electron chi connectivity index (χ2n) is 5.41. The van der Waals surface area contributed by atoms with Crippen LogP contribution in [0.1, 0.15) is 32.1 Å². The molecule has 0 amide bonds. The van der Waals surface area contributed by atoms with Crippen LogP contribution >= 0.6 is 0 Å². The Labute approximate surface area is 103 Å². The van der Waals surface area contributed by atoms with E-state index in [1.165, 1.54) is 44.3 Å². The highest BCUT2D eigenvalue weighted by atomic mass is 15.2. The van der Waals surface area contributed by atoms with Crippen molar-refractivity contribution in [3.05, 3.63) is 18.2 Å². The van der Waals surface area contributed by atoms with Gasteiger partial charge in [-0.05, 0) is 49.8 Å². The first kappa shape index (κ1) is 10.8. The van der Waals surface area contributed by atoms with Gasteiger partial charge >= 0.3 is 0 Å². The highest BCUT2D eigenvalue weighted by molar-refractivity contribution is 5.70. The number of hydrogen-bond acceptors (Lipinski definition) is 3. The summed E-state index contributed by atoms with van der Waals surface area (Å²) < 4.78 is 0. The average molecular weight is 231 g/mol. The number of nitrogens with two attached hydrogens (primary N) is 2. The van der Waals surface area contributed by atoms with Gasteiger partial charge in [-0.1, -0.05) is 6.42 Å². The fraction of sp³-hybridized carbons (Fsp3) is 0.571. The number of piperidine rings is 1. The van der Waals surface area contributed by atoms with Gasteiger partial charge in [-0.15, -0.1) is 0 Å². The molecule has 17 heavy (non-hydrogen) atoms. The third-order valence-electron chi connectivity index (χ3n) is 4.40. The van der Waals surface area contributed by atoms with E-state index in [2.05, 4.69) is 11.0 Å². The minimum absolute atomic E-state index is 0.689. The maximum absolute atomic E-state index is 5.91. The minimum atomic E-state index is 0.689. The number of hydrogen-bond donors (Lipinski definition) is 2. The molecule has 0 spiro atoms. The lowest BCUT2D eigenvalue weighted by Crippen LogP contribution is -2.42. The van der Waals surface area contributed by atoms with Gasteiger partial charge < -0.3 is 16.4 Å². The minimum Gasteiger partial charge on any atom is -0.397 e. The first-order valence-corrected chi connectivity index (χ1v) is 6.67. The van der Waals surface area contributed by atoms with Crippen molar-refractivity contribution in [1.82, 2.24) is 0 Å². The van der Waals surface area contributed by atoms with Crippen LogP contribution in [0.3, 0.4) is 0 Å². The van der Waals surface area contributed by atoms with Crippen molar-refractivity contribution < 1.29 is 0 Å². The molecule has 1 aliphatic carbocycles. The van der Waals surface area contributed by atoms with Gasteiger partial charge in [0.25, 0.3) is 0 Å². The Bertz CT molecular complexity index is 416. The van der Waals surface area contributed by atoms with Crippen LogP contribution < -0.4 is 16.4 Å². The summed E-state index contributed by atoms with van der Waals surface area (Å²) >= 11 is 0. The van der Waals surface area contributed by atoms with Crippen LogP contribution in [0.4, 0.5) is 17.1 Å². The third-order valence-corrected chi connectivity index (χ3v) is 4.40. The molecule has 1 saturated heterocycles. The van der Waals surface area contributed by atoms with Gasteiger partial charge in [0.1, 0.15) is 0 Å². The van der Waals surface area contributed by atoms with Gasteiger partial charge in [0.15, 0.2) is 0 Å². The van der Waals surface area contributed by atoms with Gasteiger partial charge in [-0.2, -0.15) is 0 Å². The second-order valence-corrected chi connectivity index (χ2v) is 5.41. The van der Waals surface area contributed by atoms with E-state index >= 15 is 0 Å². The average Bonchev–Trinajstić information content (AvgIpc) is 2.80. The highest BCUT2D eigenvalue weighted by Gasteiger charge is 2.34. The summed E-state index contributed by atoms with van der Waals surface area (Å²) in [5.41, 5.74) is 14.4. The molecule has 2 unspecified atom stereocenters. The molecule has 0 bridgehead atoms. The Kier molecular flexibility index (Phi) is 2.61. The van der Waals surface area contributed by atoms with Crippen LogP contribution in [0.25, 0.3) is 0 Å². The SMILES string of the molecule is Nc1ccc(N2CCCC3CCCC32)cc1N. The molecule has 1 aromatic rings. The van der Waals surface area contributed by atoms with Gasteiger partial charge in [0.05, 0.1) is 11.4 Å². The molecule has 3 nitrogen and oxygen atoms in total. The van der Waals surface area contributed by atoms with E-state index in [-0.39, 0.29) is 0 Å². The Morgan fingerprint density at radius 1 is 1.00 bits per heavy atom. The Balaban J connectivity index is 1.89. The lowest BCUT2D eigenvalue weighted by molar-refractivity contribution is 0.362. The zero-order chi connectivity index (χ0) is 11.8. The standard InChI is InChI=1S/C14H21N3/c15-12-7-6-11(9-13(12)16)17-8-2-4-10-3-1-5-14(10)17/h6-7,9-10,14H,1-5,8,15-16H2. The van der Waals surface area contributed by atoms with E-state index in [4.69, 9.17) is 11.5 Å². The summed E-state index contributed by atoms with van der Waals surface area (Å²) in [5, 5.41) is 0. The number of anilines is 3. The molecule has 3 rings (SSSR count). The molecule has 1 aromatic carbocycles. The zero-order valence-electron chi connectivity index (χ0n) is 10.2. The Morgan fingerprint density at radius 3 is 2.65 bits per heavy atom. The molecule has 0 aromatic heterocycles. The van der Waals surface area contributed by atoms with Gasteiger partial charge in [-0.25, -0.2) is 0 Å². The number of nitrogen functional groups attached to an aromatic ring is 2. The molecular formula is C14H21N3. The van der Waals surface area contributed by atoms with E-state index in [0.29, 0.717) is 11.4 Å². The van der Waals surface area contributed by atoms with Crippen LogP contribution in [0.2, 0.25) is 0 Å². The molecule has 3 heteroatoms. The second kappa shape index (κ2) is 4.13. The summed E-state index contributed by atoms with van der Waals surface area (Å²) in [4.78, 5) is 2.55. The van der Waals surface area contributed by atoms with Gasteiger partial charge in [-0.3, -0.25) is 0 Å². The first-order chi connectivity index (χ1) is 8.25. The predicted molar refractivity (Wildman–Crippen MR) is 73.0 cm³/mol. The van der Waals surface area contributed by atoms with Crippen molar-refractivity contribution >= 4 is 17.1 Å². The fourth-order valence-corrected chi connectivity index (χ4v) is 3.52.